The predicted molar refractivity (Wildman–Crippen MR) is 71.5 cm³/mol. The van der Waals surface area contributed by atoms with Crippen molar-refractivity contribution < 1.29 is 0 Å². The molecular weight excluding hydrogens is 329 g/mol. The molecule has 2 aromatic rings. The van der Waals surface area contributed by atoms with Crippen LogP contribution in [0.3, 0.4) is 0 Å². The van der Waals surface area contributed by atoms with Crippen molar-refractivity contribution in [3.63, 3.8) is 0 Å². The van der Waals surface area contributed by atoms with Crippen LogP contribution < -0.4 is 5.56 Å². The molecule has 4 nitrogen and oxygen atoms in total. The standard InChI is InChI=1S/C12H8IN3O/c13-11-5-12(17)16(15-7-11)8-10-3-1-9(6-14)2-4-10/h1-5,7H,8H2. The molecule has 0 aliphatic heterocycles. The van der Waals surface area contributed by atoms with Crippen LogP contribution in [0.25, 0.3) is 0 Å². The molecule has 0 aliphatic rings. The van der Waals surface area contributed by atoms with Gasteiger partial charge in [-0.15, -0.1) is 0 Å². The van der Waals surface area contributed by atoms with Gasteiger partial charge in [0, 0.05) is 9.64 Å². The Balaban J connectivity index is 2.26. The number of hydrogen-bond donors (Lipinski definition) is 0. The molecule has 2 rings (SSSR count). The number of benzene rings is 1. The molecule has 0 N–H and O–H groups in total. The summed E-state index contributed by atoms with van der Waals surface area (Å²) in [5.41, 5.74) is 1.43. The molecule has 0 radical (unpaired) electrons. The van der Waals surface area contributed by atoms with Gasteiger partial charge in [-0.1, -0.05) is 12.1 Å². The first kappa shape index (κ1) is 11.8. The predicted octanol–water partition coefficient (Wildman–Crippen LogP) is 1.77. The first-order valence-electron chi connectivity index (χ1n) is 4.91. The van der Waals surface area contributed by atoms with Crippen molar-refractivity contribution in [3.8, 4) is 6.07 Å². The Kier molecular flexibility index (Phi) is 3.54. The lowest BCUT2D eigenvalue weighted by Crippen LogP contribution is -2.22. The number of hydrogen-bond acceptors (Lipinski definition) is 3. The Morgan fingerprint density at radius 3 is 2.65 bits per heavy atom. The van der Waals surface area contributed by atoms with E-state index in [0.29, 0.717) is 12.1 Å². The fraction of sp³-hybridized carbons (Fsp3) is 0.0833. The second-order valence-electron chi connectivity index (χ2n) is 3.48. The molecule has 0 fully saturated rings. The third-order valence-corrected chi connectivity index (χ3v) is 2.84. The fourth-order valence-corrected chi connectivity index (χ4v) is 1.78. The highest BCUT2D eigenvalue weighted by Gasteiger charge is 2.00. The Bertz CT molecular complexity index is 625. The summed E-state index contributed by atoms with van der Waals surface area (Å²) in [5, 5.41) is 12.7. The zero-order valence-corrected chi connectivity index (χ0v) is 11.0. The Morgan fingerprint density at radius 2 is 2.06 bits per heavy atom. The van der Waals surface area contributed by atoms with Crippen molar-refractivity contribution in [1.29, 1.82) is 5.26 Å². The van der Waals surface area contributed by atoms with E-state index in [1.807, 2.05) is 12.1 Å². The van der Waals surface area contributed by atoms with Gasteiger partial charge in [-0.2, -0.15) is 10.4 Å². The van der Waals surface area contributed by atoms with Crippen LogP contribution in [0, 0.1) is 14.9 Å². The summed E-state index contributed by atoms with van der Waals surface area (Å²) < 4.78 is 2.22. The normalized spacial score (nSPS) is 9.88. The SMILES string of the molecule is N#Cc1ccc(Cn2ncc(I)cc2=O)cc1. The summed E-state index contributed by atoms with van der Waals surface area (Å²) in [6, 6.07) is 10.7. The number of aromatic nitrogens is 2. The van der Waals surface area contributed by atoms with Crippen molar-refractivity contribution in [2.75, 3.05) is 0 Å². The first-order chi connectivity index (χ1) is 8.19. The summed E-state index contributed by atoms with van der Waals surface area (Å²) in [5.74, 6) is 0. The lowest BCUT2D eigenvalue weighted by atomic mass is 10.1. The maximum atomic E-state index is 11.6. The van der Waals surface area contributed by atoms with Gasteiger partial charge in [-0.3, -0.25) is 4.79 Å². The van der Waals surface area contributed by atoms with Gasteiger partial charge in [0.15, 0.2) is 0 Å². The molecule has 0 saturated carbocycles. The van der Waals surface area contributed by atoms with Crippen LogP contribution in [-0.4, -0.2) is 9.78 Å². The van der Waals surface area contributed by atoms with Crippen molar-refractivity contribution >= 4 is 22.6 Å². The summed E-state index contributed by atoms with van der Waals surface area (Å²) >= 11 is 2.05. The van der Waals surface area contributed by atoms with Crippen LogP contribution in [-0.2, 0) is 6.54 Å². The summed E-state index contributed by atoms with van der Waals surface area (Å²) in [6.07, 6.45) is 1.64. The van der Waals surface area contributed by atoms with Crippen LogP contribution in [0.4, 0.5) is 0 Å². The van der Waals surface area contributed by atoms with Crippen LogP contribution in [0.5, 0.6) is 0 Å². The van der Waals surface area contributed by atoms with E-state index in [4.69, 9.17) is 5.26 Å². The van der Waals surface area contributed by atoms with Crippen molar-refractivity contribution in [3.05, 3.63) is 61.6 Å². The highest BCUT2D eigenvalue weighted by molar-refractivity contribution is 14.1. The molecule has 0 unspecified atom stereocenters. The van der Waals surface area contributed by atoms with Crippen LogP contribution >= 0.6 is 22.6 Å². The zero-order chi connectivity index (χ0) is 12.3. The molecule has 0 atom stereocenters. The van der Waals surface area contributed by atoms with Crippen LogP contribution in [0.1, 0.15) is 11.1 Å². The Morgan fingerprint density at radius 1 is 1.35 bits per heavy atom. The largest absolute Gasteiger partial charge is 0.268 e. The highest BCUT2D eigenvalue weighted by atomic mass is 127. The minimum absolute atomic E-state index is 0.124. The number of nitriles is 1. The average Bonchev–Trinajstić information content (AvgIpc) is 2.34. The van der Waals surface area contributed by atoms with Crippen molar-refractivity contribution in [1.82, 2.24) is 9.78 Å². The maximum absolute atomic E-state index is 11.6. The molecular formula is C12H8IN3O. The highest BCUT2D eigenvalue weighted by Crippen LogP contribution is 2.04. The van der Waals surface area contributed by atoms with Crippen LogP contribution in [0.2, 0.25) is 0 Å². The van der Waals surface area contributed by atoms with E-state index in [1.165, 1.54) is 10.7 Å². The maximum Gasteiger partial charge on any atom is 0.268 e. The van der Waals surface area contributed by atoms with E-state index in [1.54, 1.807) is 18.3 Å². The quantitative estimate of drug-likeness (QED) is 0.785. The summed E-state index contributed by atoms with van der Waals surface area (Å²) in [4.78, 5) is 11.6. The van der Waals surface area contributed by atoms with Gasteiger partial charge in [-0.05, 0) is 40.3 Å². The third-order valence-electron chi connectivity index (χ3n) is 2.25. The molecule has 1 heterocycles. The summed E-state index contributed by atoms with van der Waals surface area (Å²) in [7, 11) is 0. The smallest absolute Gasteiger partial charge is 0.268 e. The fourth-order valence-electron chi connectivity index (χ4n) is 1.39. The van der Waals surface area contributed by atoms with Gasteiger partial charge >= 0.3 is 0 Å². The number of nitrogens with zero attached hydrogens (tertiary/aromatic N) is 3. The zero-order valence-electron chi connectivity index (χ0n) is 8.80. The second-order valence-corrected chi connectivity index (χ2v) is 4.72. The lowest BCUT2D eigenvalue weighted by Gasteiger charge is -2.04. The number of halogens is 1. The van der Waals surface area contributed by atoms with E-state index >= 15 is 0 Å². The number of rotatable bonds is 2. The molecule has 0 amide bonds. The van der Waals surface area contributed by atoms with Gasteiger partial charge < -0.3 is 0 Å². The summed E-state index contributed by atoms with van der Waals surface area (Å²) in [6.45, 7) is 0.418. The van der Waals surface area contributed by atoms with Crippen molar-refractivity contribution in [2.45, 2.75) is 6.54 Å². The molecule has 5 heteroatoms. The molecule has 0 spiro atoms. The molecule has 17 heavy (non-hydrogen) atoms. The molecule has 84 valence electrons. The molecule has 0 bridgehead atoms. The van der Waals surface area contributed by atoms with E-state index in [0.717, 1.165) is 9.13 Å². The third kappa shape index (κ3) is 2.91. The second kappa shape index (κ2) is 5.10. The van der Waals surface area contributed by atoms with Gasteiger partial charge in [0.05, 0.1) is 24.4 Å². The molecule has 0 saturated heterocycles. The molecule has 0 aliphatic carbocycles. The molecule has 1 aromatic carbocycles. The van der Waals surface area contributed by atoms with Crippen molar-refractivity contribution in [2.24, 2.45) is 0 Å². The molecule has 1 aromatic heterocycles. The Labute approximate surface area is 112 Å². The average molecular weight is 337 g/mol. The first-order valence-corrected chi connectivity index (χ1v) is 5.98. The van der Waals surface area contributed by atoms with E-state index in [-0.39, 0.29) is 5.56 Å². The monoisotopic (exact) mass is 337 g/mol. The van der Waals surface area contributed by atoms with Gasteiger partial charge in [-0.25, -0.2) is 4.68 Å². The van der Waals surface area contributed by atoms with Crippen LogP contribution in [0.15, 0.2) is 41.3 Å². The van der Waals surface area contributed by atoms with Gasteiger partial charge in [0.25, 0.3) is 5.56 Å². The van der Waals surface area contributed by atoms with E-state index in [9.17, 15) is 4.79 Å². The lowest BCUT2D eigenvalue weighted by molar-refractivity contribution is 0.636. The van der Waals surface area contributed by atoms with Gasteiger partial charge in [0.1, 0.15) is 0 Å². The minimum atomic E-state index is -0.124. The minimum Gasteiger partial charge on any atom is -0.268 e. The van der Waals surface area contributed by atoms with E-state index < -0.39 is 0 Å². The Hall–Kier alpha value is -1.68. The van der Waals surface area contributed by atoms with E-state index in [2.05, 4.69) is 33.8 Å². The topological polar surface area (TPSA) is 58.7 Å². The van der Waals surface area contributed by atoms with Gasteiger partial charge in [0.2, 0.25) is 0 Å².